The summed E-state index contributed by atoms with van der Waals surface area (Å²) < 4.78 is 8.95. The summed E-state index contributed by atoms with van der Waals surface area (Å²) in [6, 6.07) is 57.1. The molecule has 10 rings (SSSR count). The van der Waals surface area contributed by atoms with Crippen LogP contribution in [0.5, 0.6) is 0 Å². The molecule has 0 aliphatic heterocycles. The first-order valence-electron chi connectivity index (χ1n) is 16.2. The van der Waals surface area contributed by atoms with Crippen LogP contribution in [0.4, 0.5) is 0 Å². The van der Waals surface area contributed by atoms with Crippen LogP contribution < -0.4 is 0 Å². The van der Waals surface area contributed by atoms with Crippen LogP contribution in [0.3, 0.4) is 0 Å². The molecule has 224 valence electrons. The highest BCUT2D eigenvalue weighted by atomic mass is 16.3. The lowest BCUT2D eigenvalue weighted by atomic mass is 9.99. The van der Waals surface area contributed by atoms with Crippen molar-refractivity contribution in [3.8, 4) is 39.5 Å². The summed E-state index contributed by atoms with van der Waals surface area (Å²) in [6.07, 6.45) is 0. The smallest absolute Gasteiger partial charge is 0.161 e. The Morgan fingerprint density at radius 3 is 1.98 bits per heavy atom. The molecule has 0 N–H and O–H groups in total. The first kappa shape index (κ1) is 26.7. The van der Waals surface area contributed by atoms with E-state index >= 15 is 0 Å². The number of hydrogen-bond donors (Lipinski definition) is 0. The van der Waals surface area contributed by atoms with Crippen molar-refractivity contribution >= 4 is 54.6 Å². The molecule has 3 aromatic heterocycles. The summed E-state index contributed by atoms with van der Waals surface area (Å²) in [5.41, 5.74) is 11.3. The van der Waals surface area contributed by atoms with Gasteiger partial charge in [0, 0.05) is 49.8 Å². The highest BCUT2D eigenvalue weighted by Crippen LogP contribution is 2.41. The van der Waals surface area contributed by atoms with Gasteiger partial charge >= 0.3 is 0 Å². The zero-order valence-electron chi connectivity index (χ0n) is 25.8. The first-order chi connectivity index (χ1) is 23.8. The predicted octanol–water partition coefficient (Wildman–Crippen LogP) is 11.6. The van der Waals surface area contributed by atoms with E-state index in [0.717, 1.165) is 66.4 Å². The number of aromatic nitrogens is 3. The summed E-state index contributed by atoms with van der Waals surface area (Å²) in [5.74, 6) is 0.681. The Morgan fingerprint density at radius 1 is 0.438 bits per heavy atom. The average molecular weight is 614 g/mol. The molecule has 10 aromatic rings. The van der Waals surface area contributed by atoms with Crippen LogP contribution in [0.2, 0.25) is 0 Å². The van der Waals surface area contributed by atoms with E-state index in [2.05, 4.69) is 126 Å². The molecule has 0 aliphatic carbocycles. The van der Waals surface area contributed by atoms with E-state index in [0.29, 0.717) is 5.82 Å². The molecule has 48 heavy (non-hydrogen) atoms. The van der Waals surface area contributed by atoms with E-state index in [-0.39, 0.29) is 0 Å². The van der Waals surface area contributed by atoms with E-state index in [1.165, 1.54) is 21.9 Å². The molecular formula is C44H27N3O. The third-order valence-electron chi connectivity index (χ3n) is 9.41. The van der Waals surface area contributed by atoms with Crippen molar-refractivity contribution in [1.29, 1.82) is 0 Å². The minimum Gasteiger partial charge on any atom is -0.456 e. The quantitative estimate of drug-likeness (QED) is 0.198. The van der Waals surface area contributed by atoms with Gasteiger partial charge < -0.3 is 8.98 Å². The molecule has 7 aromatic carbocycles. The van der Waals surface area contributed by atoms with Gasteiger partial charge in [0.25, 0.3) is 0 Å². The average Bonchev–Trinajstić information content (AvgIpc) is 3.70. The Morgan fingerprint density at radius 2 is 1.12 bits per heavy atom. The van der Waals surface area contributed by atoms with Crippen molar-refractivity contribution in [2.75, 3.05) is 0 Å². The Hall–Kier alpha value is -6.52. The number of benzene rings is 7. The fraction of sp³-hybridized carbons (Fsp3) is 0. The second-order valence-electron chi connectivity index (χ2n) is 12.2. The van der Waals surface area contributed by atoms with Gasteiger partial charge in [-0.25, -0.2) is 9.97 Å². The largest absolute Gasteiger partial charge is 0.456 e. The fourth-order valence-corrected chi connectivity index (χ4v) is 7.31. The Balaban J connectivity index is 1.19. The Labute approximate surface area is 276 Å². The number of rotatable bonds is 4. The van der Waals surface area contributed by atoms with Gasteiger partial charge in [-0.1, -0.05) is 121 Å². The Bertz CT molecular complexity index is 2830. The lowest BCUT2D eigenvalue weighted by molar-refractivity contribution is 0.668. The van der Waals surface area contributed by atoms with E-state index in [4.69, 9.17) is 14.4 Å². The van der Waals surface area contributed by atoms with E-state index in [9.17, 15) is 0 Å². The molecule has 0 bridgehead atoms. The van der Waals surface area contributed by atoms with Crippen molar-refractivity contribution in [2.24, 2.45) is 0 Å². The minimum atomic E-state index is 0.681. The van der Waals surface area contributed by atoms with Crippen molar-refractivity contribution in [1.82, 2.24) is 14.5 Å². The zero-order valence-corrected chi connectivity index (χ0v) is 25.8. The van der Waals surface area contributed by atoms with Gasteiger partial charge in [-0.3, -0.25) is 0 Å². The second-order valence-corrected chi connectivity index (χ2v) is 12.2. The topological polar surface area (TPSA) is 43.9 Å². The van der Waals surface area contributed by atoms with E-state index in [1.807, 2.05) is 42.5 Å². The van der Waals surface area contributed by atoms with Gasteiger partial charge in [0.2, 0.25) is 0 Å². The maximum atomic E-state index is 6.60. The SMILES string of the molecule is c1ccc(-c2nc(-c3cccc4oc5cc(-n6c7ccccc7c7c(-c8ccccc8)cccc76)ccc5c34)nc3ccccc23)cc1. The van der Waals surface area contributed by atoms with Gasteiger partial charge in [-0.2, -0.15) is 0 Å². The molecule has 0 aliphatic rings. The lowest BCUT2D eigenvalue weighted by Crippen LogP contribution is -1.95. The number of para-hydroxylation sites is 2. The maximum Gasteiger partial charge on any atom is 0.161 e. The Kier molecular flexibility index (Phi) is 5.84. The van der Waals surface area contributed by atoms with Crippen molar-refractivity contribution in [2.45, 2.75) is 0 Å². The molecule has 0 atom stereocenters. The first-order valence-corrected chi connectivity index (χ1v) is 16.2. The van der Waals surface area contributed by atoms with Crippen LogP contribution in [-0.2, 0) is 0 Å². The second kappa shape index (κ2) is 10.5. The molecular weight excluding hydrogens is 587 g/mol. The van der Waals surface area contributed by atoms with Crippen LogP contribution >= 0.6 is 0 Å². The zero-order chi connectivity index (χ0) is 31.6. The standard InChI is InChI=1S/C44H27N3O/c1-3-13-28(14-4-1)31-19-11-23-38-41(31)33-18-8-10-22-37(33)47(38)30-25-26-34-40(27-30)48-39-24-12-20-35(42(34)39)44-45-36-21-9-7-17-32(36)43(46-44)29-15-5-2-6-16-29/h1-27H. The summed E-state index contributed by atoms with van der Waals surface area (Å²) in [4.78, 5) is 10.3. The summed E-state index contributed by atoms with van der Waals surface area (Å²) in [7, 11) is 0. The van der Waals surface area contributed by atoms with Crippen LogP contribution in [0.1, 0.15) is 0 Å². The molecule has 0 unspecified atom stereocenters. The predicted molar refractivity (Wildman–Crippen MR) is 197 cm³/mol. The van der Waals surface area contributed by atoms with Crippen molar-refractivity contribution in [3.05, 3.63) is 164 Å². The van der Waals surface area contributed by atoms with Crippen LogP contribution in [-0.4, -0.2) is 14.5 Å². The third-order valence-corrected chi connectivity index (χ3v) is 9.41. The van der Waals surface area contributed by atoms with Crippen molar-refractivity contribution < 1.29 is 4.42 Å². The van der Waals surface area contributed by atoms with Crippen LogP contribution in [0.25, 0.3) is 94.1 Å². The molecule has 3 heterocycles. The molecule has 4 nitrogen and oxygen atoms in total. The number of fused-ring (bicyclic) bond motifs is 7. The highest BCUT2D eigenvalue weighted by Gasteiger charge is 2.20. The summed E-state index contributed by atoms with van der Waals surface area (Å²) in [6.45, 7) is 0. The van der Waals surface area contributed by atoms with Gasteiger partial charge in [0.05, 0.1) is 22.2 Å². The van der Waals surface area contributed by atoms with Crippen LogP contribution in [0, 0.1) is 0 Å². The van der Waals surface area contributed by atoms with Gasteiger partial charge in [-0.15, -0.1) is 0 Å². The molecule has 4 heteroatoms. The maximum absolute atomic E-state index is 6.60. The molecule has 0 amide bonds. The summed E-state index contributed by atoms with van der Waals surface area (Å²) in [5, 5.41) is 5.55. The summed E-state index contributed by atoms with van der Waals surface area (Å²) >= 11 is 0. The number of hydrogen-bond acceptors (Lipinski definition) is 3. The van der Waals surface area contributed by atoms with E-state index < -0.39 is 0 Å². The van der Waals surface area contributed by atoms with Crippen molar-refractivity contribution in [3.63, 3.8) is 0 Å². The number of nitrogens with zero attached hydrogens (tertiary/aromatic N) is 3. The fourth-order valence-electron chi connectivity index (χ4n) is 7.31. The number of furan rings is 1. The van der Waals surface area contributed by atoms with Gasteiger partial charge in [0.15, 0.2) is 5.82 Å². The monoisotopic (exact) mass is 613 g/mol. The highest BCUT2D eigenvalue weighted by molar-refractivity contribution is 6.16. The molecule has 0 radical (unpaired) electrons. The van der Waals surface area contributed by atoms with E-state index in [1.54, 1.807) is 0 Å². The molecule has 0 fully saturated rings. The van der Waals surface area contributed by atoms with Gasteiger partial charge in [-0.05, 0) is 47.5 Å². The molecule has 0 saturated carbocycles. The lowest BCUT2D eigenvalue weighted by Gasteiger charge is -2.10. The van der Waals surface area contributed by atoms with Gasteiger partial charge in [0.1, 0.15) is 11.2 Å². The third kappa shape index (κ3) is 4.03. The normalized spacial score (nSPS) is 11.8. The molecule has 0 spiro atoms. The molecule has 0 saturated heterocycles. The van der Waals surface area contributed by atoms with Crippen LogP contribution in [0.15, 0.2) is 168 Å². The minimum absolute atomic E-state index is 0.681.